The largest absolute Gasteiger partial charge is 0.462 e. The second-order valence-corrected chi connectivity index (χ2v) is 2.88. The maximum absolute atomic E-state index is 10.9. The molecule has 0 aromatic carbocycles. The van der Waals surface area contributed by atoms with Crippen LogP contribution in [-0.2, 0) is 14.3 Å². The number of hydrogen-bond acceptors (Lipinski definition) is 6. The number of hydrazine groups is 1. The molecule has 0 spiro atoms. The molecule has 7 heteroatoms. The predicted octanol–water partition coefficient (Wildman–Crippen LogP) is -1.43. The molecule has 1 heterocycles. The summed E-state index contributed by atoms with van der Waals surface area (Å²) in [6.07, 6.45) is -0.924. The van der Waals surface area contributed by atoms with Gasteiger partial charge in [-0.25, -0.2) is 15.6 Å². The van der Waals surface area contributed by atoms with Crippen LogP contribution in [0, 0.1) is 0 Å². The van der Waals surface area contributed by atoms with E-state index in [0.29, 0.717) is 0 Å². The van der Waals surface area contributed by atoms with Crippen LogP contribution >= 0.6 is 0 Å². The SMILES string of the molecule is NCCC(=O)OC[C@H]1CN(N)C(=O)O1. The summed E-state index contributed by atoms with van der Waals surface area (Å²) in [5, 5.41) is 0.932. The maximum atomic E-state index is 10.9. The highest BCUT2D eigenvalue weighted by molar-refractivity contribution is 5.70. The van der Waals surface area contributed by atoms with Crippen molar-refractivity contribution in [1.29, 1.82) is 0 Å². The number of carbonyl (C=O) groups is 2. The highest BCUT2D eigenvalue weighted by Gasteiger charge is 2.29. The Balaban J connectivity index is 2.20. The van der Waals surface area contributed by atoms with Crippen molar-refractivity contribution in [2.45, 2.75) is 12.5 Å². The molecule has 7 nitrogen and oxygen atoms in total. The van der Waals surface area contributed by atoms with Gasteiger partial charge in [-0.3, -0.25) is 4.79 Å². The van der Waals surface area contributed by atoms with E-state index >= 15 is 0 Å². The van der Waals surface area contributed by atoms with E-state index in [4.69, 9.17) is 21.1 Å². The summed E-state index contributed by atoms with van der Waals surface area (Å²) in [4.78, 5) is 21.6. The number of esters is 1. The van der Waals surface area contributed by atoms with Gasteiger partial charge in [-0.05, 0) is 0 Å². The van der Waals surface area contributed by atoms with E-state index in [2.05, 4.69) is 0 Å². The van der Waals surface area contributed by atoms with Crippen molar-refractivity contribution >= 4 is 12.1 Å². The summed E-state index contributed by atoms with van der Waals surface area (Å²) in [5.41, 5.74) is 5.14. The second kappa shape index (κ2) is 4.77. The van der Waals surface area contributed by atoms with E-state index in [-0.39, 0.29) is 26.1 Å². The summed E-state index contributed by atoms with van der Waals surface area (Å²) >= 11 is 0. The van der Waals surface area contributed by atoms with E-state index < -0.39 is 18.2 Å². The van der Waals surface area contributed by atoms with Crippen molar-refractivity contribution in [3.8, 4) is 0 Å². The lowest BCUT2D eigenvalue weighted by molar-refractivity contribution is -0.145. The molecule has 0 aromatic rings. The third kappa shape index (κ3) is 2.86. The minimum Gasteiger partial charge on any atom is -0.462 e. The number of ether oxygens (including phenoxy) is 2. The molecule has 1 saturated heterocycles. The first-order valence-corrected chi connectivity index (χ1v) is 4.22. The monoisotopic (exact) mass is 203 g/mol. The Morgan fingerprint density at radius 3 is 2.93 bits per heavy atom. The van der Waals surface area contributed by atoms with Crippen LogP contribution < -0.4 is 11.6 Å². The van der Waals surface area contributed by atoms with Crippen molar-refractivity contribution in [2.75, 3.05) is 19.7 Å². The summed E-state index contributed by atoms with van der Waals surface area (Å²) < 4.78 is 9.54. The second-order valence-electron chi connectivity index (χ2n) is 2.88. The van der Waals surface area contributed by atoms with Gasteiger partial charge in [-0.2, -0.15) is 0 Å². The minimum atomic E-state index is -0.607. The standard InChI is InChI=1S/C7H13N3O4/c8-2-1-6(11)13-4-5-3-10(9)7(12)14-5/h5H,1-4,8-9H2/t5-/m1/s1. The molecule has 1 rings (SSSR count). The highest BCUT2D eigenvalue weighted by atomic mass is 16.6. The third-order valence-electron chi connectivity index (χ3n) is 1.68. The molecule has 1 atom stereocenters. The van der Waals surface area contributed by atoms with Crippen LogP contribution in [0.5, 0.6) is 0 Å². The molecule has 0 aliphatic carbocycles. The summed E-state index contributed by atoms with van der Waals surface area (Å²) in [6, 6.07) is 0. The van der Waals surface area contributed by atoms with Crippen molar-refractivity contribution in [2.24, 2.45) is 11.6 Å². The smallest absolute Gasteiger partial charge is 0.424 e. The molecule has 1 aliphatic heterocycles. The summed E-state index contributed by atoms with van der Waals surface area (Å²) in [5.74, 6) is 4.83. The Kier molecular flexibility index (Phi) is 3.66. The molecule has 0 aromatic heterocycles. The summed E-state index contributed by atoms with van der Waals surface area (Å²) in [6.45, 7) is 0.499. The third-order valence-corrected chi connectivity index (χ3v) is 1.68. The van der Waals surface area contributed by atoms with E-state index in [0.717, 1.165) is 5.01 Å². The van der Waals surface area contributed by atoms with Gasteiger partial charge in [0, 0.05) is 6.54 Å². The van der Waals surface area contributed by atoms with Crippen LogP contribution in [0.1, 0.15) is 6.42 Å². The minimum absolute atomic E-state index is 0.0261. The van der Waals surface area contributed by atoms with Gasteiger partial charge in [0.15, 0.2) is 6.10 Å². The van der Waals surface area contributed by atoms with Crippen LogP contribution in [0.4, 0.5) is 4.79 Å². The van der Waals surface area contributed by atoms with Gasteiger partial charge < -0.3 is 15.2 Å². The van der Waals surface area contributed by atoms with Crippen LogP contribution in [0.15, 0.2) is 0 Å². The lowest BCUT2D eigenvalue weighted by atomic mass is 10.4. The Bertz CT molecular complexity index is 233. The van der Waals surface area contributed by atoms with Gasteiger partial charge in [0.25, 0.3) is 0 Å². The number of rotatable bonds is 4. The Morgan fingerprint density at radius 2 is 2.43 bits per heavy atom. The fraction of sp³-hybridized carbons (Fsp3) is 0.714. The molecule has 0 bridgehead atoms. The molecule has 0 unspecified atom stereocenters. The van der Waals surface area contributed by atoms with Gasteiger partial charge in [0.05, 0.1) is 13.0 Å². The molecular weight excluding hydrogens is 190 g/mol. The Morgan fingerprint density at radius 1 is 1.71 bits per heavy atom. The van der Waals surface area contributed by atoms with Crippen LogP contribution in [0.2, 0.25) is 0 Å². The molecule has 0 saturated carbocycles. The fourth-order valence-electron chi connectivity index (χ4n) is 1.00. The predicted molar refractivity (Wildman–Crippen MR) is 45.8 cm³/mol. The molecule has 1 fully saturated rings. The zero-order valence-electron chi connectivity index (χ0n) is 7.64. The first-order valence-electron chi connectivity index (χ1n) is 4.22. The number of cyclic esters (lactones) is 1. The number of nitrogens with zero attached hydrogens (tertiary/aromatic N) is 1. The first-order chi connectivity index (χ1) is 6.63. The average Bonchev–Trinajstić information content (AvgIpc) is 2.44. The van der Waals surface area contributed by atoms with E-state index in [1.807, 2.05) is 0 Å². The molecule has 4 N–H and O–H groups in total. The highest BCUT2D eigenvalue weighted by Crippen LogP contribution is 2.07. The number of hydrogen-bond donors (Lipinski definition) is 2. The van der Waals surface area contributed by atoms with Gasteiger partial charge >= 0.3 is 12.1 Å². The van der Waals surface area contributed by atoms with Crippen molar-refractivity contribution in [3.05, 3.63) is 0 Å². The lowest BCUT2D eigenvalue weighted by Gasteiger charge is -2.08. The Hall–Kier alpha value is -1.34. The van der Waals surface area contributed by atoms with Gasteiger partial charge in [-0.1, -0.05) is 0 Å². The zero-order valence-corrected chi connectivity index (χ0v) is 7.64. The van der Waals surface area contributed by atoms with Crippen molar-refractivity contribution in [3.63, 3.8) is 0 Å². The van der Waals surface area contributed by atoms with Gasteiger partial charge in [-0.15, -0.1) is 0 Å². The van der Waals surface area contributed by atoms with Crippen LogP contribution in [0.3, 0.4) is 0 Å². The molecule has 1 amide bonds. The first kappa shape index (κ1) is 10.7. The van der Waals surface area contributed by atoms with Crippen LogP contribution in [0.25, 0.3) is 0 Å². The Labute approximate surface area is 80.9 Å². The molecule has 80 valence electrons. The average molecular weight is 203 g/mol. The van der Waals surface area contributed by atoms with Gasteiger partial charge in [0.2, 0.25) is 0 Å². The van der Waals surface area contributed by atoms with Crippen molar-refractivity contribution in [1.82, 2.24) is 5.01 Å². The molecule has 14 heavy (non-hydrogen) atoms. The normalized spacial score (nSPS) is 20.9. The summed E-state index contributed by atoms with van der Waals surface area (Å²) in [7, 11) is 0. The zero-order chi connectivity index (χ0) is 10.6. The van der Waals surface area contributed by atoms with Crippen molar-refractivity contribution < 1.29 is 19.1 Å². The number of carbonyl (C=O) groups excluding carboxylic acids is 2. The van der Waals surface area contributed by atoms with E-state index in [1.54, 1.807) is 0 Å². The van der Waals surface area contributed by atoms with Crippen LogP contribution in [-0.4, -0.2) is 42.9 Å². The maximum Gasteiger partial charge on any atom is 0.424 e. The fourth-order valence-corrected chi connectivity index (χ4v) is 1.00. The molecule has 1 aliphatic rings. The topological polar surface area (TPSA) is 108 Å². The van der Waals surface area contributed by atoms with Gasteiger partial charge in [0.1, 0.15) is 6.61 Å². The molecular formula is C7H13N3O4. The number of amides is 1. The number of nitrogens with two attached hydrogens (primary N) is 2. The quantitative estimate of drug-likeness (QED) is 0.329. The molecule has 0 radical (unpaired) electrons. The van der Waals surface area contributed by atoms with E-state index in [9.17, 15) is 9.59 Å². The van der Waals surface area contributed by atoms with E-state index in [1.165, 1.54) is 0 Å². The lowest BCUT2D eigenvalue weighted by Crippen LogP contribution is -2.32.